The number of carbonyl (C=O) groups excluding carboxylic acids is 1. The third-order valence-corrected chi connectivity index (χ3v) is 4.55. The summed E-state index contributed by atoms with van der Waals surface area (Å²) in [5, 5.41) is 6.62. The lowest BCUT2D eigenvalue weighted by molar-refractivity contribution is -0.123. The van der Waals surface area contributed by atoms with Crippen molar-refractivity contribution in [3.8, 4) is 0 Å². The van der Waals surface area contributed by atoms with Gasteiger partial charge in [-0.2, -0.15) is 0 Å². The fourth-order valence-corrected chi connectivity index (χ4v) is 3.08. The van der Waals surface area contributed by atoms with Gasteiger partial charge >= 0.3 is 0 Å². The number of piperazine rings is 1. The number of nitrogens with zero attached hydrogens (tertiary/aromatic N) is 1. The Labute approximate surface area is 126 Å². The van der Waals surface area contributed by atoms with Gasteiger partial charge in [0.1, 0.15) is 0 Å². The standard InChI is InChI=1S/C17H25N3O/c1-13-11-18-9-10-20(13)12-16(21)19-17(15-7-8-15)14-5-3-2-4-6-14/h2-6,13,15,17-18H,7-12H2,1H3,(H,19,21)/t13-,17?/m1/s1. The number of amides is 1. The fraction of sp³-hybridized carbons (Fsp3) is 0.588. The molecule has 1 heterocycles. The number of hydrogen-bond acceptors (Lipinski definition) is 3. The molecule has 1 aliphatic carbocycles. The molecule has 2 atom stereocenters. The van der Waals surface area contributed by atoms with Crippen LogP contribution in [0.25, 0.3) is 0 Å². The van der Waals surface area contributed by atoms with E-state index in [4.69, 9.17) is 0 Å². The summed E-state index contributed by atoms with van der Waals surface area (Å²) in [5.41, 5.74) is 1.24. The van der Waals surface area contributed by atoms with Crippen molar-refractivity contribution in [3.63, 3.8) is 0 Å². The Morgan fingerprint density at radius 2 is 2.14 bits per heavy atom. The Hall–Kier alpha value is -1.39. The van der Waals surface area contributed by atoms with Gasteiger partial charge in [0.15, 0.2) is 0 Å². The molecule has 2 N–H and O–H groups in total. The molecule has 3 rings (SSSR count). The van der Waals surface area contributed by atoms with Crippen LogP contribution >= 0.6 is 0 Å². The Balaban J connectivity index is 1.59. The van der Waals surface area contributed by atoms with Gasteiger partial charge < -0.3 is 10.6 Å². The lowest BCUT2D eigenvalue weighted by atomic mass is 10.0. The zero-order valence-electron chi connectivity index (χ0n) is 12.7. The number of hydrogen-bond donors (Lipinski definition) is 2. The quantitative estimate of drug-likeness (QED) is 0.863. The minimum absolute atomic E-state index is 0.157. The predicted molar refractivity (Wildman–Crippen MR) is 84.0 cm³/mol. The molecule has 114 valence electrons. The SMILES string of the molecule is C[C@@H]1CNCCN1CC(=O)NC(c1ccccc1)C1CC1. The second-order valence-electron chi connectivity index (χ2n) is 6.32. The van der Waals surface area contributed by atoms with Crippen LogP contribution in [0.1, 0.15) is 31.4 Å². The molecule has 21 heavy (non-hydrogen) atoms. The minimum atomic E-state index is 0.157. The van der Waals surface area contributed by atoms with Gasteiger partial charge in [0.2, 0.25) is 5.91 Å². The largest absolute Gasteiger partial charge is 0.348 e. The molecule has 1 amide bonds. The Morgan fingerprint density at radius 1 is 1.38 bits per heavy atom. The van der Waals surface area contributed by atoms with Crippen LogP contribution in [0.15, 0.2) is 30.3 Å². The third-order valence-electron chi connectivity index (χ3n) is 4.55. The maximum absolute atomic E-state index is 12.4. The van der Waals surface area contributed by atoms with Crippen molar-refractivity contribution in [2.24, 2.45) is 5.92 Å². The van der Waals surface area contributed by atoms with Crippen molar-refractivity contribution in [1.29, 1.82) is 0 Å². The van der Waals surface area contributed by atoms with Crippen LogP contribution in [0.2, 0.25) is 0 Å². The van der Waals surface area contributed by atoms with Crippen molar-refractivity contribution in [1.82, 2.24) is 15.5 Å². The summed E-state index contributed by atoms with van der Waals surface area (Å²) >= 11 is 0. The lowest BCUT2D eigenvalue weighted by Gasteiger charge is -2.33. The molecule has 1 saturated heterocycles. The van der Waals surface area contributed by atoms with Crippen molar-refractivity contribution in [2.75, 3.05) is 26.2 Å². The summed E-state index contributed by atoms with van der Waals surface area (Å²) in [7, 11) is 0. The van der Waals surface area contributed by atoms with E-state index in [1.165, 1.54) is 18.4 Å². The number of rotatable bonds is 5. The monoisotopic (exact) mass is 287 g/mol. The van der Waals surface area contributed by atoms with Gasteiger partial charge in [-0.1, -0.05) is 30.3 Å². The van der Waals surface area contributed by atoms with Crippen molar-refractivity contribution in [2.45, 2.75) is 31.8 Å². The molecule has 1 aromatic rings. The van der Waals surface area contributed by atoms with E-state index in [0.29, 0.717) is 18.5 Å². The van der Waals surface area contributed by atoms with Gasteiger partial charge in [0.25, 0.3) is 0 Å². The van der Waals surface area contributed by atoms with Gasteiger partial charge in [-0.25, -0.2) is 0 Å². The summed E-state index contributed by atoms with van der Waals surface area (Å²) in [6, 6.07) is 11.0. The number of benzene rings is 1. The van der Waals surface area contributed by atoms with Crippen LogP contribution in [0.5, 0.6) is 0 Å². The molecule has 0 bridgehead atoms. The van der Waals surface area contributed by atoms with E-state index in [1.807, 2.05) is 6.07 Å². The van der Waals surface area contributed by atoms with Gasteiger partial charge in [-0.3, -0.25) is 9.69 Å². The third kappa shape index (κ3) is 3.83. The highest BCUT2D eigenvalue weighted by Gasteiger charge is 2.33. The molecule has 2 aliphatic rings. The van der Waals surface area contributed by atoms with Crippen molar-refractivity contribution >= 4 is 5.91 Å². The zero-order chi connectivity index (χ0) is 14.7. The maximum Gasteiger partial charge on any atom is 0.234 e. The zero-order valence-corrected chi connectivity index (χ0v) is 12.7. The van der Waals surface area contributed by atoms with Crippen molar-refractivity contribution in [3.05, 3.63) is 35.9 Å². The fourth-order valence-electron chi connectivity index (χ4n) is 3.08. The molecule has 0 spiro atoms. The van der Waals surface area contributed by atoms with E-state index < -0.39 is 0 Å². The highest BCUT2D eigenvalue weighted by Crippen LogP contribution is 2.40. The number of carbonyl (C=O) groups is 1. The summed E-state index contributed by atoms with van der Waals surface area (Å²) in [6.07, 6.45) is 2.45. The Bertz CT molecular complexity index is 472. The van der Waals surface area contributed by atoms with Crippen molar-refractivity contribution < 1.29 is 4.79 Å². The molecule has 4 heteroatoms. The normalized spacial score (nSPS) is 24.5. The van der Waals surface area contributed by atoms with E-state index in [0.717, 1.165) is 19.6 Å². The van der Waals surface area contributed by atoms with Gasteiger partial charge in [0.05, 0.1) is 12.6 Å². The first-order valence-electron chi connectivity index (χ1n) is 8.03. The van der Waals surface area contributed by atoms with Crippen LogP contribution in [0, 0.1) is 5.92 Å². The maximum atomic E-state index is 12.4. The molecule has 1 saturated carbocycles. The average Bonchev–Trinajstić information content (AvgIpc) is 3.33. The first kappa shape index (κ1) is 14.5. The molecule has 2 fully saturated rings. The van der Waals surface area contributed by atoms with E-state index in [2.05, 4.69) is 46.7 Å². The van der Waals surface area contributed by atoms with Crippen LogP contribution in [-0.2, 0) is 4.79 Å². The molecule has 4 nitrogen and oxygen atoms in total. The first-order valence-corrected chi connectivity index (χ1v) is 8.03. The lowest BCUT2D eigenvalue weighted by Crippen LogP contribution is -2.53. The average molecular weight is 287 g/mol. The molecule has 1 unspecified atom stereocenters. The summed E-state index contributed by atoms with van der Waals surface area (Å²) in [4.78, 5) is 14.7. The van der Waals surface area contributed by atoms with Gasteiger partial charge in [-0.05, 0) is 31.2 Å². The smallest absolute Gasteiger partial charge is 0.234 e. The summed E-state index contributed by atoms with van der Waals surface area (Å²) in [6.45, 7) is 5.59. The van der Waals surface area contributed by atoms with Gasteiger partial charge in [-0.15, -0.1) is 0 Å². The summed E-state index contributed by atoms with van der Waals surface area (Å²) < 4.78 is 0. The molecule has 1 aromatic carbocycles. The highest BCUT2D eigenvalue weighted by atomic mass is 16.2. The van der Waals surface area contributed by atoms with E-state index >= 15 is 0 Å². The Morgan fingerprint density at radius 3 is 2.81 bits per heavy atom. The van der Waals surface area contributed by atoms with Crippen LogP contribution in [-0.4, -0.2) is 43.0 Å². The van der Waals surface area contributed by atoms with Crippen LogP contribution < -0.4 is 10.6 Å². The highest BCUT2D eigenvalue weighted by molar-refractivity contribution is 5.78. The second-order valence-corrected chi connectivity index (χ2v) is 6.32. The first-order chi connectivity index (χ1) is 10.2. The molecule has 0 aromatic heterocycles. The molecule has 0 radical (unpaired) electrons. The Kier molecular flexibility index (Phi) is 4.56. The van der Waals surface area contributed by atoms with Crippen LogP contribution in [0.4, 0.5) is 0 Å². The van der Waals surface area contributed by atoms with E-state index in [-0.39, 0.29) is 11.9 Å². The number of nitrogens with one attached hydrogen (secondary N) is 2. The molecule has 1 aliphatic heterocycles. The second kappa shape index (κ2) is 6.58. The molecular weight excluding hydrogens is 262 g/mol. The minimum Gasteiger partial charge on any atom is -0.348 e. The van der Waals surface area contributed by atoms with Gasteiger partial charge in [0, 0.05) is 25.7 Å². The summed E-state index contributed by atoms with van der Waals surface area (Å²) in [5.74, 6) is 0.779. The van der Waals surface area contributed by atoms with Crippen LogP contribution in [0.3, 0.4) is 0 Å². The topological polar surface area (TPSA) is 44.4 Å². The van der Waals surface area contributed by atoms with E-state index in [9.17, 15) is 4.79 Å². The molecular formula is C17H25N3O. The predicted octanol–water partition coefficient (Wildman–Crippen LogP) is 1.55. The van der Waals surface area contributed by atoms with E-state index in [1.54, 1.807) is 0 Å².